The van der Waals surface area contributed by atoms with Gasteiger partial charge in [-0.15, -0.1) is 0 Å². The van der Waals surface area contributed by atoms with E-state index in [-0.39, 0.29) is 17.3 Å². The molecule has 0 aliphatic carbocycles. The first-order valence-electron chi connectivity index (χ1n) is 9.57. The van der Waals surface area contributed by atoms with Crippen molar-refractivity contribution in [3.63, 3.8) is 0 Å². The lowest BCUT2D eigenvalue weighted by atomic mass is 10.1. The summed E-state index contributed by atoms with van der Waals surface area (Å²) in [5, 5.41) is 4.38. The zero-order valence-electron chi connectivity index (χ0n) is 16.3. The van der Waals surface area contributed by atoms with Crippen LogP contribution in [0.25, 0.3) is 11.4 Å². The van der Waals surface area contributed by atoms with Crippen LogP contribution in [0.1, 0.15) is 21.8 Å². The van der Waals surface area contributed by atoms with Gasteiger partial charge in [0.15, 0.2) is 0 Å². The molecule has 0 radical (unpaired) electrons. The Morgan fingerprint density at radius 2 is 1.77 bits per heavy atom. The third-order valence-corrected chi connectivity index (χ3v) is 5.28. The van der Waals surface area contributed by atoms with Crippen molar-refractivity contribution in [1.82, 2.24) is 19.9 Å². The van der Waals surface area contributed by atoms with Crippen molar-refractivity contribution in [2.75, 3.05) is 26.2 Å². The number of aromatic nitrogens is 2. The van der Waals surface area contributed by atoms with Gasteiger partial charge in [0.05, 0.1) is 12.1 Å². The second kappa shape index (κ2) is 8.68. The van der Waals surface area contributed by atoms with E-state index in [0.717, 1.165) is 12.1 Å². The van der Waals surface area contributed by atoms with Gasteiger partial charge >= 0.3 is 6.18 Å². The highest BCUT2D eigenvalue weighted by molar-refractivity contribution is 6.30. The predicted octanol–water partition coefficient (Wildman–Crippen LogP) is 4.37. The molecule has 6 nitrogen and oxygen atoms in total. The van der Waals surface area contributed by atoms with Crippen LogP contribution in [-0.2, 0) is 12.7 Å². The minimum atomic E-state index is -4.44. The van der Waals surface area contributed by atoms with E-state index in [0.29, 0.717) is 49.2 Å². The Kier molecular flexibility index (Phi) is 5.97. The first-order valence-corrected chi connectivity index (χ1v) is 9.95. The van der Waals surface area contributed by atoms with Crippen LogP contribution >= 0.6 is 11.6 Å². The molecule has 1 saturated heterocycles. The molecule has 0 atom stereocenters. The van der Waals surface area contributed by atoms with Crippen molar-refractivity contribution in [3.05, 3.63) is 70.6 Å². The van der Waals surface area contributed by atoms with Gasteiger partial charge < -0.3 is 9.42 Å². The van der Waals surface area contributed by atoms with Gasteiger partial charge in [-0.1, -0.05) is 28.9 Å². The first kappa shape index (κ1) is 21.3. The molecule has 10 heteroatoms. The largest absolute Gasteiger partial charge is 0.416 e. The van der Waals surface area contributed by atoms with Crippen molar-refractivity contribution in [2.45, 2.75) is 12.7 Å². The highest BCUT2D eigenvalue weighted by atomic mass is 35.5. The Hall–Kier alpha value is -2.91. The molecule has 0 spiro atoms. The third-order valence-electron chi connectivity index (χ3n) is 5.03. The predicted molar refractivity (Wildman–Crippen MR) is 107 cm³/mol. The summed E-state index contributed by atoms with van der Waals surface area (Å²) in [4.78, 5) is 20.6. The lowest BCUT2D eigenvalue weighted by Crippen LogP contribution is -2.48. The number of benzene rings is 2. The Labute approximate surface area is 181 Å². The van der Waals surface area contributed by atoms with Gasteiger partial charge in [-0.25, -0.2) is 0 Å². The van der Waals surface area contributed by atoms with Crippen LogP contribution in [0.4, 0.5) is 13.2 Å². The van der Waals surface area contributed by atoms with Crippen molar-refractivity contribution in [1.29, 1.82) is 0 Å². The molecule has 1 aliphatic heterocycles. The summed E-state index contributed by atoms with van der Waals surface area (Å²) in [6.07, 6.45) is -4.44. The van der Waals surface area contributed by atoms with Crippen molar-refractivity contribution >= 4 is 17.5 Å². The van der Waals surface area contributed by atoms with E-state index in [1.807, 2.05) is 0 Å². The van der Waals surface area contributed by atoms with E-state index >= 15 is 0 Å². The van der Waals surface area contributed by atoms with Crippen LogP contribution in [-0.4, -0.2) is 52.0 Å². The Morgan fingerprint density at radius 3 is 2.45 bits per heavy atom. The van der Waals surface area contributed by atoms with Gasteiger partial charge in [-0.2, -0.15) is 18.2 Å². The molecule has 0 unspecified atom stereocenters. The molecule has 3 aromatic rings. The second-order valence-corrected chi connectivity index (χ2v) is 7.60. The zero-order chi connectivity index (χ0) is 22.0. The number of piperazine rings is 1. The second-order valence-electron chi connectivity index (χ2n) is 7.17. The fourth-order valence-electron chi connectivity index (χ4n) is 3.35. The average molecular weight is 451 g/mol. The summed E-state index contributed by atoms with van der Waals surface area (Å²) in [7, 11) is 0. The molecule has 162 valence electrons. The molecule has 1 fully saturated rings. The molecular formula is C21H18ClF3N4O2. The lowest BCUT2D eigenvalue weighted by molar-refractivity contribution is -0.137. The minimum absolute atomic E-state index is 0.0547. The Balaban J connectivity index is 1.35. The van der Waals surface area contributed by atoms with Gasteiger partial charge in [0, 0.05) is 42.3 Å². The SMILES string of the molecule is O=C(c1ccc(Cl)cc1)N1CCN(Cc2nc(-c3cccc(C(F)(F)F)c3)no2)CC1. The molecule has 1 aliphatic rings. The summed E-state index contributed by atoms with van der Waals surface area (Å²) in [6.45, 7) is 2.66. The van der Waals surface area contributed by atoms with Crippen molar-refractivity contribution < 1.29 is 22.5 Å². The molecule has 4 rings (SSSR count). The van der Waals surface area contributed by atoms with Crippen molar-refractivity contribution in [3.8, 4) is 11.4 Å². The maximum Gasteiger partial charge on any atom is 0.416 e. The highest BCUT2D eigenvalue weighted by Gasteiger charge is 2.31. The maximum absolute atomic E-state index is 12.9. The topological polar surface area (TPSA) is 62.5 Å². The summed E-state index contributed by atoms with van der Waals surface area (Å²) in [5.41, 5.74) is 0.0570. The quantitative estimate of drug-likeness (QED) is 0.590. The van der Waals surface area contributed by atoms with Crippen LogP contribution < -0.4 is 0 Å². The van der Waals surface area contributed by atoms with Gasteiger partial charge in [0.2, 0.25) is 11.7 Å². The van der Waals surface area contributed by atoms with E-state index in [2.05, 4.69) is 15.0 Å². The Bertz CT molecular complexity index is 1060. The summed E-state index contributed by atoms with van der Waals surface area (Å²) >= 11 is 5.87. The van der Waals surface area contributed by atoms with E-state index in [4.69, 9.17) is 16.1 Å². The zero-order valence-corrected chi connectivity index (χ0v) is 17.0. The highest BCUT2D eigenvalue weighted by Crippen LogP contribution is 2.31. The minimum Gasteiger partial charge on any atom is -0.338 e. The number of rotatable bonds is 4. The Morgan fingerprint density at radius 1 is 1.06 bits per heavy atom. The van der Waals surface area contributed by atoms with Gasteiger partial charge in [-0.05, 0) is 36.4 Å². The van der Waals surface area contributed by atoms with Crippen LogP contribution in [0.3, 0.4) is 0 Å². The first-order chi connectivity index (χ1) is 14.8. The van der Waals surface area contributed by atoms with E-state index < -0.39 is 11.7 Å². The number of halogens is 4. The van der Waals surface area contributed by atoms with Crippen LogP contribution in [0.15, 0.2) is 53.1 Å². The molecule has 1 amide bonds. The number of hydrogen-bond donors (Lipinski definition) is 0. The summed E-state index contributed by atoms with van der Waals surface area (Å²) in [5.74, 6) is 0.364. The molecule has 0 bridgehead atoms. The van der Waals surface area contributed by atoms with Crippen LogP contribution in [0, 0.1) is 0 Å². The lowest BCUT2D eigenvalue weighted by Gasteiger charge is -2.34. The van der Waals surface area contributed by atoms with Crippen LogP contribution in [0.2, 0.25) is 5.02 Å². The van der Waals surface area contributed by atoms with E-state index in [9.17, 15) is 18.0 Å². The average Bonchev–Trinajstić information content (AvgIpc) is 3.22. The maximum atomic E-state index is 12.9. The van der Waals surface area contributed by atoms with E-state index in [1.165, 1.54) is 12.1 Å². The van der Waals surface area contributed by atoms with Gasteiger partial charge in [-0.3, -0.25) is 9.69 Å². The van der Waals surface area contributed by atoms with E-state index in [1.54, 1.807) is 29.2 Å². The van der Waals surface area contributed by atoms with Crippen molar-refractivity contribution in [2.24, 2.45) is 0 Å². The number of alkyl halides is 3. The standard InChI is InChI=1S/C21H18ClF3N4O2/c22-17-6-4-14(5-7-17)20(30)29-10-8-28(9-11-29)13-18-26-19(27-31-18)15-2-1-3-16(12-15)21(23,24)25/h1-7,12H,8-11,13H2. The summed E-state index contributed by atoms with van der Waals surface area (Å²) < 4.78 is 43.9. The molecule has 0 N–H and O–H groups in total. The fraction of sp³-hybridized carbons (Fsp3) is 0.286. The number of carbonyl (C=O) groups is 1. The fourth-order valence-corrected chi connectivity index (χ4v) is 3.47. The van der Waals surface area contributed by atoms with Gasteiger partial charge in [0.1, 0.15) is 0 Å². The molecule has 1 aromatic heterocycles. The number of carbonyl (C=O) groups excluding carboxylic acids is 1. The molecule has 31 heavy (non-hydrogen) atoms. The summed E-state index contributed by atoms with van der Waals surface area (Å²) in [6, 6.07) is 11.6. The number of nitrogens with zero attached hydrogens (tertiary/aromatic N) is 4. The van der Waals surface area contributed by atoms with Crippen LogP contribution in [0.5, 0.6) is 0 Å². The normalized spacial score (nSPS) is 15.3. The number of amides is 1. The smallest absolute Gasteiger partial charge is 0.338 e. The molecule has 0 saturated carbocycles. The number of hydrogen-bond acceptors (Lipinski definition) is 5. The van der Waals surface area contributed by atoms with Gasteiger partial charge in [0.25, 0.3) is 5.91 Å². The monoisotopic (exact) mass is 450 g/mol. The molecule has 2 heterocycles. The molecule has 2 aromatic carbocycles. The third kappa shape index (κ3) is 5.05. The molecular weight excluding hydrogens is 433 g/mol.